The average molecular weight is 656 g/mol. The van der Waals surface area contributed by atoms with E-state index in [0.29, 0.717) is 46.2 Å². The predicted molar refractivity (Wildman–Crippen MR) is 153 cm³/mol. The van der Waals surface area contributed by atoms with Crippen LogP contribution < -0.4 is 4.90 Å². The Labute approximate surface area is 259 Å². The van der Waals surface area contributed by atoms with Gasteiger partial charge in [-0.25, -0.2) is 9.78 Å². The highest BCUT2D eigenvalue weighted by atomic mass is 35.5. The van der Waals surface area contributed by atoms with Crippen molar-refractivity contribution in [1.29, 1.82) is 0 Å². The number of anilines is 1. The Hall–Kier alpha value is -4.00. The van der Waals surface area contributed by atoms with Crippen molar-refractivity contribution in [3.05, 3.63) is 81.5 Å². The van der Waals surface area contributed by atoms with Crippen molar-refractivity contribution in [3.63, 3.8) is 0 Å². The van der Waals surface area contributed by atoms with Crippen LogP contribution in [0.25, 0.3) is 11.1 Å². The SMILES string of the molecule is COC(=O)CCc1ccc(Cl)c(-c2ccc(N3CCC3)nc2CN2C(=O)O[C@H](c3cc(C(F)(F)F)cc(C(F)(F)F)c3)C2C)c1. The van der Waals surface area contributed by atoms with Crippen LogP contribution in [0.5, 0.6) is 0 Å². The molecule has 0 N–H and O–H groups in total. The van der Waals surface area contributed by atoms with Crippen molar-refractivity contribution in [2.75, 3.05) is 25.1 Å². The lowest BCUT2D eigenvalue weighted by molar-refractivity contribution is -0.143. The van der Waals surface area contributed by atoms with E-state index in [4.69, 9.17) is 26.1 Å². The standard InChI is InChI=1S/C31H28ClF6N3O4/c1-17-28(19-13-20(30(33,34)35)15-21(14-19)31(36,37)38)45-29(43)41(17)16-25-22(6-8-26(39-25)40-10-3-11-40)23-12-18(4-7-24(23)32)5-9-27(42)44-2/h4,6-8,12-15,17,28H,3,5,9-11,16H2,1-2H3/t17?,28-/m0/s1. The molecule has 14 heteroatoms. The van der Waals surface area contributed by atoms with Crippen molar-refractivity contribution in [3.8, 4) is 11.1 Å². The second-order valence-electron chi connectivity index (χ2n) is 10.9. The van der Waals surface area contributed by atoms with E-state index in [0.717, 1.165) is 25.1 Å². The van der Waals surface area contributed by atoms with E-state index >= 15 is 0 Å². The van der Waals surface area contributed by atoms with Crippen molar-refractivity contribution in [1.82, 2.24) is 9.88 Å². The van der Waals surface area contributed by atoms with Gasteiger partial charge in [0.2, 0.25) is 0 Å². The Kier molecular flexibility index (Phi) is 8.94. The van der Waals surface area contributed by atoms with Crippen molar-refractivity contribution >= 4 is 29.5 Å². The zero-order valence-corrected chi connectivity index (χ0v) is 24.9. The summed E-state index contributed by atoms with van der Waals surface area (Å²) in [6.07, 6.45) is -10.9. The van der Waals surface area contributed by atoms with Crippen LogP contribution in [0.2, 0.25) is 5.02 Å². The average Bonchev–Trinajstić information content (AvgIpc) is 3.23. The number of carbonyl (C=O) groups excluding carboxylic acids is 2. The van der Waals surface area contributed by atoms with Gasteiger partial charge in [-0.3, -0.25) is 9.69 Å². The summed E-state index contributed by atoms with van der Waals surface area (Å²) in [7, 11) is 1.30. The Morgan fingerprint density at radius 2 is 1.67 bits per heavy atom. The zero-order valence-electron chi connectivity index (χ0n) is 24.1. The van der Waals surface area contributed by atoms with Crippen molar-refractivity contribution in [2.24, 2.45) is 0 Å². The van der Waals surface area contributed by atoms with Crippen LogP contribution >= 0.6 is 11.6 Å². The van der Waals surface area contributed by atoms with Crippen LogP contribution in [0.1, 0.15) is 53.8 Å². The predicted octanol–water partition coefficient (Wildman–Crippen LogP) is 7.84. The highest BCUT2D eigenvalue weighted by Gasteiger charge is 2.43. The molecule has 1 amide bonds. The van der Waals surface area contributed by atoms with Crippen molar-refractivity contribution < 1.29 is 45.4 Å². The minimum Gasteiger partial charge on any atom is -0.469 e. The summed E-state index contributed by atoms with van der Waals surface area (Å²) in [5, 5.41) is 0.370. The van der Waals surface area contributed by atoms with Gasteiger partial charge in [-0.15, -0.1) is 0 Å². The Morgan fingerprint density at radius 1 is 1.00 bits per heavy atom. The van der Waals surface area contributed by atoms with Crippen molar-refractivity contribution in [2.45, 2.75) is 57.2 Å². The number of pyridine rings is 1. The van der Waals surface area contributed by atoms with Crippen LogP contribution in [-0.2, 0) is 39.6 Å². The first-order valence-electron chi connectivity index (χ1n) is 14.0. The molecule has 0 radical (unpaired) electrons. The Morgan fingerprint density at radius 3 is 2.24 bits per heavy atom. The molecule has 3 aromatic rings. The second kappa shape index (κ2) is 12.4. The minimum absolute atomic E-state index is 0.0310. The maximum absolute atomic E-state index is 13.5. The molecule has 7 nitrogen and oxygen atoms in total. The number of esters is 1. The number of benzene rings is 2. The highest BCUT2D eigenvalue weighted by molar-refractivity contribution is 6.33. The molecule has 2 saturated heterocycles. The molecule has 45 heavy (non-hydrogen) atoms. The van der Waals surface area contributed by atoms with Gasteiger partial charge < -0.3 is 14.4 Å². The number of amides is 1. The third-order valence-corrected chi connectivity index (χ3v) is 8.29. The number of nitrogens with zero attached hydrogens (tertiary/aromatic N) is 3. The summed E-state index contributed by atoms with van der Waals surface area (Å²) >= 11 is 6.60. The quantitative estimate of drug-likeness (QED) is 0.182. The summed E-state index contributed by atoms with van der Waals surface area (Å²) < 4.78 is 91.3. The van der Waals surface area contributed by atoms with E-state index in [2.05, 4.69) is 0 Å². The second-order valence-corrected chi connectivity index (χ2v) is 11.3. The van der Waals surface area contributed by atoms with Gasteiger partial charge in [0.05, 0.1) is 36.5 Å². The Bertz CT molecular complexity index is 1580. The number of methoxy groups -OCH3 is 1. The molecular formula is C31H28ClF6N3O4. The van der Waals surface area contributed by atoms with E-state index in [-0.39, 0.29) is 25.0 Å². The number of aryl methyl sites for hydroxylation is 1. The van der Waals surface area contributed by atoms with E-state index < -0.39 is 47.3 Å². The maximum atomic E-state index is 13.5. The van der Waals surface area contributed by atoms with Gasteiger partial charge in [-0.1, -0.05) is 17.7 Å². The monoisotopic (exact) mass is 655 g/mol. The number of aromatic nitrogens is 1. The summed E-state index contributed by atoms with van der Waals surface area (Å²) in [5.41, 5.74) is -1.10. The van der Waals surface area contributed by atoms with Crippen LogP contribution in [-0.4, -0.2) is 48.2 Å². The van der Waals surface area contributed by atoms with Gasteiger partial charge in [0.1, 0.15) is 11.9 Å². The molecule has 0 bridgehead atoms. The normalized spacial score (nSPS) is 18.6. The molecule has 2 atom stereocenters. The molecule has 2 aliphatic heterocycles. The lowest BCUT2D eigenvalue weighted by atomic mass is 9.96. The molecule has 1 unspecified atom stereocenters. The fourth-order valence-corrected chi connectivity index (χ4v) is 5.54. The molecule has 0 aliphatic carbocycles. The molecule has 240 valence electrons. The molecule has 2 aliphatic rings. The largest absolute Gasteiger partial charge is 0.469 e. The number of ether oxygens (including phenoxy) is 2. The van der Waals surface area contributed by atoms with Crippen LogP contribution in [0.3, 0.4) is 0 Å². The van der Waals surface area contributed by atoms with E-state index in [1.54, 1.807) is 24.3 Å². The number of hydrogen-bond donors (Lipinski definition) is 0. The number of halogens is 7. The fourth-order valence-electron chi connectivity index (χ4n) is 5.32. The topological polar surface area (TPSA) is 72.0 Å². The van der Waals surface area contributed by atoms with Gasteiger partial charge in [-0.2, -0.15) is 26.3 Å². The van der Waals surface area contributed by atoms with Gasteiger partial charge in [-0.05, 0) is 73.4 Å². The lowest BCUT2D eigenvalue weighted by Gasteiger charge is -2.33. The molecule has 3 heterocycles. The van der Waals surface area contributed by atoms with E-state index in [1.807, 2.05) is 11.0 Å². The summed E-state index contributed by atoms with van der Waals surface area (Å²) in [6.45, 7) is 2.87. The molecule has 0 spiro atoms. The maximum Gasteiger partial charge on any atom is 0.416 e. The fraction of sp³-hybridized carbons (Fsp3) is 0.387. The lowest BCUT2D eigenvalue weighted by Crippen LogP contribution is -2.38. The smallest absolute Gasteiger partial charge is 0.416 e. The number of alkyl halides is 6. The zero-order chi connectivity index (χ0) is 32.7. The summed E-state index contributed by atoms with van der Waals surface area (Å²) in [4.78, 5) is 32.9. The van der Waals surface area contributed by atoms with Gasteiger partial charge in [0.25, 0.3) is 0 Å². The van der Waals surface area contributed by atoms with Gasteiger partial charge in [0, 0.05) is 35.7 Å². The highest BCUT2D eigenvalue weighted by Crippen LogP contribution is 2.42. The Balaban J connectivity index is 1.50. The number of cyclic esters (lactones) is 1. The third-order valence-electron chi connectivity index (χ3n) is 7.96. The summed E-state index contributed by atoms with van der Waals surface area (Å²) in [5.74, 6) is 0.259. The van der Waals surface area contributed by atoms with Gasteiger partial charge in [0.15, 0.2) is 0 Å². The minimum atomic E-state index is -5.05. The van der Waals surface area contributed by atoms with Gasteiger partial charge >= 0.3 is 24.4 Å². The van der Waals surface area contributed by atoms with Crippen LogP contribution in [0.4, 0.5) is 37.0 Å². The number of rotatable bonds is 8. The van der Waals surface area contributed by atoms with E-state index in [9.17, 15) is 35.9 Å². The first-order chi connectivity index (χ1) is 21.2. The van der Waals surface area contributed by atoms with E-state index in [1.165, 1.54) is 18.9 Å². The summed E-state index contributed by atoms with van der Waals surface area (Å²) in [6, 6.07) is 9.07. The first kappa shape index (κ1) is 32.4. The molecule has 1 aromatic heterocycles. The van der Waals surface area contributed by atoms with Crippen LogP contribution in [0.15, 0.2) is 48.5 Å². The number of hydrogen-bond acceptors (Lipinski definition) is 6. The molecule has 2 aromatic carbocycles. The number of carbonyl (C=O) groups is 2. The molecule has 2 fully saturated rings. The molecule has 5 rings (SSSR count). The molecule has 0 saturated carbocycles. The molecular weight excluding hydrogens is 628 g/mol. The third kappa shape index (κ3) is 6.98. The first-order valence-corrected chi connectivity index (χ1v) is 14.4. The van der Waals surface area contributed by atoms with Crippen LogP contribution in [0, 0.1) is 0 Å².